The SMILES string of the molecule is Cc1ccc(C(O)c2ccc3nccnc3c2)cc1C. The Hall–Kier alpha value is -2.26. The number of aryl methyl sites for hydroxylation is 2. The Labute approximate surface area is 117 Å². The smallest absolute Gasteiger partial charge is 0.104 e. The minimum Gasteiger partial charge on any atom is -0.384 e. The quantitative estimate of drug-likeness (QED) is 0.772. The van der Waals surface area contributed by atoms with E-state index in [0.717, 1.165) is 22.2 Å². The van der Waals surface area contributed by atoms with Gasteiger partial charge < -0.3 is 5.11 Å². The molecule has 0 saturated carbocycles. The maximum absolute atomic E-state index is 10.5. The molecule has 0 aliphatic rings. The summed E-state index contributed by atoms with van der Waals surface area (Å²) >= 11 is 0. The van der Waals surface area contributed by atoms with Gasteiger partial charge in [-0.1, -0.05) is 24.3 Å². The summed E-state index contributed by atoms with van der Waals surface area (Å²) in [5.41, 5.74) is 5.78. The first-order chi connectivity index (χ1) is 9.65. The lowest BCUT2D eigenvalue weighted by Gasteiger charge is -2.13. The largest absolute Gasteiger partial charge is 0.384 e. The Balaban J connectivity index is 2.02. The molecule has 1 unspecified atom stereocenters. The predicted molar refractivity (Wildman–Crippen MR) is 79.5 cm³/mol. The number of rotatable bonds is 2. The molecule has 1 N–H and O–H groups in total. The number of aliphatic hydroxyl groups excluding tert-OH is 1. The predicted octanol–water partition coefficient (Wildman–Crippen LogP) is 3.33. The zero-order chi connectivity index (χ0) is 14.1. The molecule has 3 nitrogen and oxygen atoms in total. The molecule has 1 atom stereocenters. The zero-order valence-electron chi connectivity index (χ0n) is 11.5. The molecule has 0 fully saturated rings. The normalized spacial score (nSPS) is 12.6. The van der Waals surface area contributed by atoms with E-state index in [4.69, 9.17) is 0 Å². The molecular formula is C17H16N2O. The van der Waals surface area contributed by atoms with Crippen LogP contribution in [0, 0.1) is 13.8 Å². The average Bonchev–Trinajstić information content (AvgIpc) is 2.49. The van der Waals surface area contributed by atoms with Crippen molar-refractivity contribution in [3.8, 4) is 0 Å². The molecule has 0 spiro atoms. The van der Waals surface area contributed by atoms with Crippen molar-refractivity contribution in [3.63, 3.8) is 0 Å². The molecule has 3 rings (SSSR count). The van der Waals surface area contributed by atoms with Gasteiger partial charge >= 0.3 is 0 Å². The standard InChI is InChI=1S/C17H16N2O/c1-11-3-4-13(9-12(11)2)17(20)14-5-6-15-16(10-14)19-8-7-18-15/h3-10,17,20H,1-2H3. The van der Waals surface area contributed by atoms with Crippen LogP contribution in [0.5, 0.6) is 0 Å². The maximum Gasteiger partial charge on any atom is 0.104 e. The summed E-state index contributed by atoms with van der Waals surface area (Å²) < 4.78 is 0. The third kappa shape index (κ3) is 2.28. The average molecular weight is 264 g/mol. The number of benzene rings is 2. The Morgan fingerprint density at radius 2 is 1.45 bits per heavy atom. The van der Waals surface area contributed by atoms with Crippen molar-refractivity contribution in [2.75, 3.05) is 0 Å². The van der Waals surface area contributed by atoms with E-state index in [2.05, 4.69) is 23.8 Å². The number of nitrogens with zero attached hydrogens (tertiary/aromatic N) is 2. The van der Waals surface area contributed by atoms with Crippen LogP contribution in [0.3, 0.4) is 0 Å². The maximum atomic E-state index is 10.5. The highest BCUT2D eigenvalue weighted by molar-refractivity contribution is 5.74. The molecule has 3 aromatic rings. The fraction of sp³-hybridized carbons (Fsp3) is 0.176. The summed E-state index contributed by atoms with van der Waals surface area (Å²) in [6.45, 7) is 4.12. The zero-order valence-corrected chi connectivity index (χ0v) is 11.5. The molecule has 1 heterocycles. The van der Waals surface area contributed by atoms with Crippen molar-refractivity contribution in [1.82, 2.24) is 9.97 Å². The van der Waals surface area contributed by atoms with Crippen LogP contribution < -0.4 is 0 Å². The lowest BCUT2D eigenvalue weighted by Crippen LogP contribution is -2.01. The van der Waals surface area contributed by atoms with Gasteiger partial charge in [0.2, 0.25) is 0 Å². The fourth-order valence-electron chi connectivity index (χ4n) is 2.28. The third-order valence-corrected chi connectivity index (χ3v) is 3.66. The molecule has 3 heteroatoms. The van der Waals surface area contributed by atoms with Crippen molar-refractivity contribution in [2.24, 2.45) is 0 Å². The van der Waals surface area contributed by atoms with Crippen LogP contribution in [0.15, 0.2) is 48.8 Å². The minimum atomic E-state index is -0.638. The van der Waals surface area contributed by atoms with Crippen LogP contribution in [0.4, 0.5) is 0 Å². The topological polar surface area (TPSA) is 46.0 Å². The number of aromatic nitrogens is 2. The van der Waals surface area contributed by atoms with Crippen molar-refractivity contribution >= 4 is 11.0 Å². The van der Waals surface area contributed by atoms with E-state index in [1.807, 2.05) is 36.4 Å². The summed E-state index contributed by atoms with van der Waals surface area (Å²) in [7, 11) is 0. The van der Waals surface area contributed by atoms with E-state index in [1.165, 1.54) is 11.1 Å². The van der Waals surface area contributed by atoms with Gasteiger partial charge in [-0.15, -0.1) is 0 Å². The summed E-state index contributed by atoms with van der Waals surface area (Å²) in [5.74, 6) is 0. The number of fused-ring (bicyclic) bond motifs is 1. The van der Waals surface area contributed by atoms with Gasteiger partial charge in [-0.25, -0.2) is 0 Å². The van der Waals surface area contributed by atoms with Gasteiger partial charge in [-0.05, 0) is 48.2 Å². The second-order valence-corrected chi connectivity index (χ2v) is 5.05. The van der Waals surface area contributed by atoms with Gasteiger partial charge in [0.1, 0.15) is 6.10 Å². The van der Waals surface area contributed by atoms with Crippen LogP contribution in [0.2, 0.25) is 0 Å². The van der Waals surface area contributed by atoms with Crippen molar-refractivity contribution in [1.29, 1.82) is 0 Å². The third-order valence-electron chi connectivity index (χ3n) is 3.66. The number of hydrogen-bond acceptors (Lipinski definition) is 3. The van der Waals surface area contributed by atoms with Gasteiger partial charge in [0.05, 0.1) is 11.0 Å². The van der Waals surface area contributed by atoms with Crippen LogP contribution in [0.25, 0.3) is 11.0 Å². The van der Waals surface area contributed by atoms with E-state index in [9.17, 15) is 5.11 Å². The second-order valence-electron chi connectivity index (χ2n) is 5.05. The van der Waals surface area contributed by atoms with E-state index in [0.29, 0.717) is 0 Å². The first-order valence-corrected chi connectivity index (χ1v) is 6.61. The monoisotopic (exact) mass is 264 g/mol. The van der Waals surface area contributed by atoms with Gasteiger partial charge in [-0.2, -0.15) is 0 Å². The fourth-order valence-corrected chi connectivity index (χ4v) is 2.28. The molecule has 0 aliphatic carbocycles. The van der Waals surface area contributed by atoms with Crippen molar-refractivity contribution in [2.45, 2.75) is 20.0 Å². The Morgan fingerprint density at radius 3 is 2.20 bits per heavy atom. The van der Waals surface area contributed by atoms with Gasteiger partial charge in [0, 0.05) is 12.4 Å². The minimum absolute atomic E-state index is 0.638. The van der Waals surface area contributed by atoms with E-state index in [1.54, 1.807) is 12.4 Å². The Kier molecular flexibility index (Phi) is 3.20. The molecule has 100 valence electrons. The molecule has 1 aromatic heterocycles. The lowest BCUT2D eigenvalue weighted by atomic mass is 9.97. The van der Waals surface area contributed by atoms with E-state index < -0.39 is 6.10 Å². The summed E-state index contributed by atoms with van der Waals surface area (Å²) in [6, 6.07) is 11.7. The highest BCUT2D eigenvalue weighted by Crippen LogP contribution is 2.25. The number of hydrogen-bond donors (Lipinski definition) is 1. The van der Waals surface area contributed by atoms with Crippen LogP contribution >= 0.6 is 0 Å². The molecular weight excluding hydrogens is 248 g/mol. The van der Waals surface area contributed by atoms with Crippen LogP contribution in [-0.2, 0) is 0 Å². The molecule has 0 radical (unpaired) electrons. The molecule has 0 saturated heterocycles. The second kappa shape index (κ2) is 5.02. The van der Waals surface area contributed by atoms with Crippen molar-refractivity contribution < 1.29 is 5.11 Å². The first-order valence-electron chi connectivity index (χ1n) is 6.61. The molecule has 0 amide bonds. The Bertz CT molecular complexity index is 768. The summed E-state index contributed by atoms with van der Waals surface area (Å²) in [4.78, 5) is 8.51. The first kappa shape index (κ1) is 12.8. The van der Waals surface area contributed by atoms with Gasteiger partial charge in [0.25, 0.3) is 0 Å². The van der Waals surface area contributed by atoms with E-state index >= 15 is 0 Å². The van der Waals surface area contributed by atoms with Crippen LogP contribution in [-0.4, -0.2) is 15.1 Å². The lowest BCUT2D eigenvalue weighted by molar-refractivity contribution is 0.220. The highest BCUT2D eigenvalue weighted by atomic mass is 16.3. The summed E-state index contributed by atoms with van der Waals surface area (Å²) in [6.07, 6.45) is 2.69. The highest BCUT2D eigenvalue weighted by Gasteiger charge is 2.12. The molecule has 20 heavy (non-hydrogen) atoms. The molecule has 0 aliphatic heterocycles. The summed E-state index contributed by atoms with van der Waals surface area (Å²) in [5, 5.41) is 10.5. The van der Waals surface area contributed by atoms with E-state index in [-0.39, 0.29) is 0 Å². The number of aliphatic hydroxyl groups is 1. The van der Waals surface area contributed by atoms with Gasteiger partial charge in [0.15, 0.2) is 0 Å². The molecule has 2 aromatic carbocycles. The Morgan fingerprint density at radius 1 is 0.800 bits per heavy atom. The van der Waals surface area contributed by atoms with Crippen LogP contribution in [0.1, 0.15) is 28.4 Å². The van der Waals surface area contributed by atoms with Crippen molar-refractivity contribution in [3.05, 3.63) is 71.0 Å². The van der Waals surface area contributed by atoms with Gasteiger partial charge in [-0.3, -0.25) is 9.97 Å². The molecule has 0 bridgehead atoms.